The van der Waals surface area contributed by atoms with Crippen LogP contribution < -0.4 is 0 Å². The number of rotatable bonds is 2. The van der Waals surface area contributed by atoms with E-state index in [4.69, 9.17) is 23.7 Å². The van der Waals surface area contributed by atoms with Crippen molar-refractivity contribution in [3.8, 4) is 0 Å². The fourth-order valence-corrected chi connectivity index (χ4v) is 7.70. The number of epoxide rings is 1. The van der Waals surface area contributed by atoms with Crippen molar-refractivity contribution in [1.29, 1.82) is 0 Å². The number of carbonyl (C=O) groups excluding carboxylic acids is 1. The minimum Gasteiger partial charge on any atom is -0.472 e. The van der Waals surface area contributed by atoms with Gasteiger partial charge in [0, 0.05) is 24.7 Å². The Labute approximate surface area is 170 Å². The van der Waals surface area contributed by atoms with E-state index in [1.807, 2.05) is 0 Å². The zero-order chi connectivity index (χ0) is 20.2. The predicted octanol–water partition coefficient (Wildman–Crippen LogP) is 2.12. The lowest BCUT2D eigenvalue weighted by Crippen LogP contribution is -2.76. The van der Waals surface area contributed by atoms with Crippen LogP contribution in [0.15, 0.2) is 12.3 Å². The van der Waals surface area contributed by atoms with E-state index < -0.39 is 23.4 Å². The minimum atomic E-state index is -1.00. The molecule has 11 atom stereocenters. The third-order valence-electron chi connectivity index (χ3n) is 9.23. The summed E-state index contributed by atoms with van der Waals surface area (Å²) < 4.78 is 30.1. The first-order valence-electron chi connectivity index (χ1n) is 10.9. The highest BCUT2D eigenvalue weighted by atomic mass is 16.7. The van der Waals surface area contributed by atoms with Crippen LogP contribution in [0.4, 0.5) is 0 Å². The van der Waals surface area contributed by atoms with Gasteiger partial charge in [0.05, 0.1) is 30.5 Å². The normalized spacial score (nSPS) is 59.3. The summed E-state index contributed by atoms with van der Waals surface area (Å²) in [5.74, 6) is 0.276. The average Bonchev–Trinajstić information content (AvgIpc) is 3.09. The molecule has 0 amide bonds. The fraction of sp³-hybridized carbons (Fsp3) is 0.864. The Morgan fingerprint density at radius 1 is 1.24 bits per heavy atom. The second-order valence-corrected chi connectivity index (χ2v) is 10.3. The zero-order valence-corrected chi connectivity index (χ0v) is 17.2. The topological polar surface area (TPSA) is 86.8 Å². The summed E-state index contributed by atoms with van der Waals surface area (Å²) in [5.41, 5.74) is -1.43. The summed E-state index contributed by atoms with van der Waals surface area (Å²) in [6.07, 6.45) is 5.31. The van der Waals surface area contributed by atoms with Gasteiger partial charge in [0.25, 0.3) is 0 Å². The largest absolute Gasteiger partial charge is 0.472 e. The molecule has 6 fully saturated rings. The van der Waals surface area contributed by atoms with Gasteiger partial charge in [0.1, 0.15) is 11.7 Å². The summed E-state index contributed by atoms with van der Waals surface area (Å²) >= 11 is 0. The van der Waals surface area contributed by atoms with E-state index in [-0.39, 0.29) is 47.6 Å². The zero-order valence-electron chi connectivity index (χ0n) is 17.2. The Kier molecular flexibility index (Phi) is 3.69. The van der Waals surface area contributed by atoms with Gasteiger partial charge in [0.15, 0.2) is 6.29 Å². The van der Waals surface area contributed by atoms with E-state index in [9.17, 15) is 9.90 Å². The summed E-state index contributed by atoms with van der Waals surface area (Å²) in [4.78, 5) is 12.0. The Balaban J connectivity index is 1.46. The molecule has 2 bridgehead atoms. The van der Waals surface area contributed by atoms with Crippen LogP contribution in [-0.4, -0.2) is 54.2 Å². The van der Waals surface area contributed by atoms with Crippen LogP contribution in [0.2, 0.25) is 0 Å². The maximum absolute atomic E-state index is 12.0. The maximum Gasteiger partial charge on any atom is 0.302 e. The van der Waals surface area contributed by atoms with Crippen molar-refractivity contribution < 1.29 is 33.6 Å². The van der Waals surface area contributed by atoms with Gasteiger partial charge in [-0.3, -0.25) is 4.79 Å². The van der Waals surface area contributed by atoms with Crippen molar-refractivity contribution in [2.24, 2.45) is 28.6 Å². The van der Waals surface area contributed by atoms with E-state index in [0.717, 1.165) is 19.3 Å². The molecular weight excluding hydrogens is 376 g/mol. The lowest BCUT2D eigenvalue weighted by molar-refractivity contribution is -0.375. The number of esters is 1. The second kappa shape index (κ2) is 5.75. The molecule has 29 heavy (non-hydrogen) atoms. The molecule has 0 aromatic carbocycles. The van der Waals surface area contributed by atoms with E-state index in [0.29, 0.717) is 13.0 Å². The van der Waals surface area contributed by atoms with Crippen LogP contribution in [0.25, 0.3) is 0 Å². The van der Waals surface area contributed by atoms with E-state index >= 15 is 0 Å². The highest BCUT2D eigenvalue weighted by Crippen LogP contribution is 2.73. The lowest BCUT2D eigenvalue weighted by atomic mass is 9.40. The molecule has 1 N–H and O–H groups in total. The molecule has 0 unspecified atom stereocenters. The van der Waals surface area contributed by atoms with Crippen molar-refractivity contribution in [2.75, 3.05) is 6.61 Å². The molecule has 0 aromatic rings. The van der Waals surface area contributed by atoms with E-state index in [1.165, 1.54) is 6.92 Å². The number of carbonyl (C=O) groups is 1. The molecule has 7 rings (SSSR count). The first kappa shape index (κ1) is 18.6. The third-order valence-corrected chi connectivity index (χ3v) is 9.23. The van der Waals surface area contributed by atoms with Crippen molar-refractivity contribution in [2.45, 2.75) is 82.9 Å². The number of aliphatic hydroxyl groups is 1. The van der Waals surface area contributed by atoms with Crippen LogP contribution in [0, 0.1) is 28.6 Å². The fourth-order valence-electron chi connectivity index (χ4n) is 7.70. The molecule has 7 nitrogen and oxygen atoms in total. The number of hydrogen-bond acceptors (Lipinski definition) is 7. The lowest BCUT2D eigenvalue weighted by Gasteiger charge is -2.68. The first-order chi connectivity index (χ1) is 13.8. The Bertz CT molecular complexity index is 762. The molecule has 2 aliphatic carbocycles. The van der Waals surface area contributed by atoms with Crippen molar-refractivity contribution in [1.82, 2.24) is 0 Å². The molecule has 5 heterocycles. The number of aliphatic hydroxyl groups excluding tert-OH is 1. The van der Waals surface area contributed by atoms with Gasteiger partial charge >= 0.3 is 5.97 Å². The average molecular weight is 406 g/mol. The Morgan fingerprint density at radius 2 is 2.03 bits per heavy atom. The maximum atomic E-state index is 12.0. The van der Waals surface area contributed by atoms with Crippen LogP contribution >= 0.6 is 0 Å². The van der Waals surface area contributed by atoms with Gasteiger partial charge in [-0.25, -0.2) is 0 Å². The summed E-state index contributed by atoms with van der Waals surface area (Å²) in [6.45, 7) is 6.56. The molecule has 4 saturated heterocycles. The van der Waals surface area contributed by atoms with Gasteiger partial charge in [-0.1, -0.05) is 13.8 Å². The monoisotopic (exact) mass is 406 g/mol. The minimum absolute atomic E-state index is 0.0138. The number of hydrogen-bond donors (Lipinski definition) is 1. The molecule has 160 valence electrons. The van der Waals surface area contributed by atoms with E-state index in [1.54, 1.807) is 6.26 Å². The molecular formula is C22H30O7. The quantitative estimate of drug-likeness (QED) is 0.555. The van der Waals surface area contributed by atoms with Crippen molar-refractivity contribution in [3.05, 3.63) is 12.3 Å². The molecule has 2 spiro atoms. The molecule has 2 saturated carbocycles. The SMILES string of the molecule is CC(=O)O[C@H]1C[C@@H](C)[C@](C)([C@@H]2C[C@H]3C=CO[C@H]3O2)[C@H]2C[C@H]3C[C@]4(CO4)[C@@]12[C@@H](O)O3. The molecule has 0 aromatic heterocycles. The van der Waals surface area contributed by atoms with E-state index in [2.05, 4.69) is 19.9 Å². The van der Waals surface area contributed by atoms with Crippen molar-refractivity contribution >= 4 is 5.97 Å². The highest BCUT2D eigenvalue weighted by Gasteiger charge is 2.82. The highest BCUT2D eigenvalue weighted by molar-refractivity contribution is 5.66. The van der Waals surface area contributed by atoms with Gasteiger partial charge in [-0.15, -0.1) is 0 Å². The Hall–Kier alpha value is -1.15. The molecule has 7 aliphatic rings. The summed E-state index contributed by atoms with van der Waals surface area (Å²) in [5, 5.41) is 11.3. The smallest absolute Gasteiger partial charge is 0.302 e. The standard InChI is InChI=1S/C22H30O7/c1-11-6-17(27-12(2)23)22-15(8-14(28-19(22)24)9-21(22)10-26-21)20(11,3)16-7-13-4-5-25-18(13)29-16/h4-5,11,13-19,24H,6-10H2,1-3H3/t11-,13-,14+,15-,16+,17+,18+,19+,20+,21+,22-/m1/s1. The van der Waals surface area contributed by atoms with Crippen molar-refractivity contribution in [3.63, 3.8) is 0 Å². The summed E-state index contributed by atoms with van der Waals surface area (Å²) in [6, 6.07) is 0. The second-order valence-electron chi connectivity index (χ2n) is 10.3. The number of fused-ring (bicyclic) bond motifs is 2. The van der Waals surface area contributed by atoms with Crippen LogP contribution in [-0.2, 0) is 28.5 Å². The van der Waals surface area contributed by atoms with Gasteiger partial charge in [-0.05, 0) is 37.2 Å². The molecule has 7 heteroatoms. The van der Waals surface area contributed by atoms with Gasteiger partial charge in [-0.2, -0.15) is 0 Å². The Morgan fingerprint density at radius 3 is 2.72 bits per heavy atom. The van der Waals surface area contributed by atoms with Gasteiger partial charge < -0.3 is 28.8 Å². The molecule has 5 aliphatic heterocycles. The van der Waals surface area contributed by atoms with Crippen LogP contribution in [0.5, 0.6) is 0 Å². The first-order valence-corrected chi connectivity index (χ1v) is 10.9. The summed E-state index contributed by atoms with van der Waals surface area (Å²) in [7, 11) is 0. The van der Waals surface area contributed by atoms with Gasteiger partial charge in [0.2, 0.25) is 6.29 Å². The molecule has 0 radical (unpaired) electrons. The van der Waals surface area contributed by atoms with Crippen LogP contribution in [0.3, 0.4) is 0 Å². The number of ether oxygens (including phenoxy) is 5. The predicted molar refractivity (Wildman–Crippen MR) is 99.2 cm³/mol. The van der Waals surface area contributed by atoms with Crippen LogP contribution in [0.1, 0.15) is 46.5 Å². The third kappa shape index (κ3) is 2.15.